The second kappa shape index (κ2) is 9.23. The third-order valence-corrected chi connectivity index (χ3v) is 6.17. The van der Waals surface area contributed by atoms with Crippen LogP contribution >= 0.6 is 38.9 Å². The minimum Gasteiger partial charge on any atom is -0.461 e. The third-order valence-electron chi connectivity index (χ3n) is 4.51. The van der Waals surface area contributed by atoms with Crippen LogP contribution in [0.4, 0.5) is 5.00 Å². The fourth-order valence-corrected chi connectivity index (χ4v) is 4.43. The number of aromatic nitrogens is 2. The van der Waals surface area contributed by atoms with Gasteiger partial charge in [-0.15, -0.1) is 11.3 Å². The molecule has 2 heterocycles. The number of carbonyl (C=O) groups is 2. The van der Waals surface area contributed by atoms with Crippen LogP contribution in [0.1, 0.15) is 27.8 Å². The maximum atomic E-state index is 13.4. The Morgan fingerprint density at radius 2 is 1.97 bits per heavy atom. The predicted molar refractivity (Wildman–Crippen MR) is 128 cm³/mol. The molecular weight excluding hydrogens is 518 g/mol. The molecule has 162 valence electrons. The highest BCUT2D eigenvalue weighted by atomic mass is 79.9. The Balaban J connectivity index is 1.88. The minimum absolute atomic E-state index is 0.0261. The number of nitrogens with zero attached hydrogens (tertiary/aromatic N) is 2. The first-order chi connectivity index (χ1) is 15.4. The van der Waals surface area contributed by atoms with Gasteiger partial charge in [0.1, 0.15) is 5.00 Å². The van der Waals surface area contributed by atoms with Crippen molar-refractivity contribution >= 4 is 66.5 Å². The molecule has 10 heteroatoms. The molecule has 2 aromatic heterocycles. The van der Waals surface area contributed by atoms with Crippen molar-refractivity contribution in [3.63, 3.8) is 0 Å². The zero-order chi connectivity index (χ0) is 22.8. The molecule has 0 fully saturated rings. The van der Waals surface area contributed by atoms with Gasteiger partial charge < -0.3 is 10.1 Å². The summed E-state index contributed by atoms with van der Waals surface area (Å²) in [4.78, 5) is 38.7. The van der Waals surface area contributed by atoms with Crippen molar-refractivity contribution in [3.8, 4) is 5.69 Å². The van der Waals surface area contributed by atoms with E-state index in [1.54, 1.807) is 60.8 Å². The molecule has 0 atom stereocenters. The van der Waals surface area contributed by atoms with Gasteiger partial charge in [-0.25, -0.2) is 4.79 Å². The van der Waals surface area contributed by atoms with E-state index in [9.17, 15) is 14.4 Å². The summed E-state index contributed by atoms with van der Waals surface area (Å²) in [5.74, 6) is -1.05. The van der Waals surface area contributed by atoms with Gasteiger partial charge in [-0.2, -0.15) is 9.78 Å². The fraction of sp³-hybridized carbons (Fsp3) is 0.0909. The summed E-state index contributed by atoms with van der Waals surface area (Å²) >= 11 is 10.5. The van der Waals surface area contributed by atoms with Crippen molar-refractivity contribution in [3.05, 3.63) is 85.0 Å². The first-order valence-electron chi connectivity index (χ1n) is 9.43. The molecule has 0 saturated carbocycles. The lowest BCUT2D eigenvalue weighted by Gasteiger charge is -2.10. The SMILES string of the molecule is CCOC(=O)c1nn(-c2cccc(Cl)c2)c(=O)c2c(NC(=O)c3ccc(Br)cc3)scc12. The maximum Gasteiger partial charge on any atom is 0.359 e. The van der Waals surface area contributed by atoms with Gasteiger partial charge in [0.25, 0.3) is 11.5 Å². The summed E-state index contributed by atoms with van der Waals surface area (Å²) in [6.45, 7) is 1.83. The molecule has 0 unspecified atom stereocenters. The number of hydrogen-bond donors (Lipinski definition) is 1. The van der Waals surface area contributed by atoms with Crippen molar-refractivity contribution in [2.75, 3.05) is 11.9 Å². The highest BCUT2D eigenvalue weighted by Crippen LogP contribution is 2.31. The smallest absolute Gasteiger partial charge is 0.359 e. The second-order valence-electron chi connectivity index (χ2n) is 6.58. The van der Waals surface area contributed by atoms with Crippen LogP contribution in [0.5, 0.6) is 0 Å². The van der Waals surface area contributed by atoms with E-state index in [2.05, 4.69) is 26.3 Å². The van der Waals surface area contributed by atoms with E-state index >= 15 is 0 Å². The molecule has 0 spiro atoms. The summed E-state index contributed by atoms with van der Waals surface area (Å²) in [5.41, 5.74) is 0.278. The Kier molecular flexibility index (Phi) is 6.40. The lowest BCUT2D eigenvalue weighted by Crippen LogP contribution is -2.25. The number of esters is 1. The lowest BCUT2D eigenvalue weighted by atomic mass is 10.2. The van der Waals surface area contributed by atoms with Crippen LogP contribution in [0.15, 0.2) is 63.2 Å². The van der Waals surface area contributed by atoms with Crippen LogP contribution in [0.2, 0.25) is 5.02 Å². The summed E-state index contributed by atoms with van der Waals surface area (Å²) in [7, 11) is 0. The first-order valence-corrected chi connectivity index (χ1v) is 11.5. The van der Waals surface area contributed by atoms with Crippen LogP contribution in [0.25, 0.3) is 16.5 Å². The fourth-order valence-electron chi connectivity index (χ4n) is 3.05. The monoisotopic (exact) mass is 531 g/mol. The van der Waals surface area contributed by atoms with E-state index in [0.717, 1.165) is 20.5 Å². The zero-order valence-electron chi connectivity index (χ0n) is 16.6. The van der Waals surface area contributed by atoms with E-state index < -0.39 is 11.5 Å². The Labute approximate surface area is 199 Å². The van der Waals surface area contributed by atoms with Gasteiger partial charge in [0.15, 0.2) is 5.69 Å². The molecule has 0 radical (unpaired) electrons. The third kappa shape index (κ3) is 4.32. The Hall–Kier alpha value is -3.01. The second-order valence-corrected chi connectivity index (χ2v) is 8.81. The van der Waals surface area contributed by atoms with Crippen LogP contribution in [0.3, 0.4) is 0 Å². The van der Waals surface area contributed by atoms with Crippen molar-refractivity contribution < 1.29 is 14.3 Å². The minimum atomic E-state index is -0.670. The van der Waals surface area contributed by atoms with Crippen LogP contribution in [-0.2, 0) is 4.74 Å². The molecule has 0 bridgehead atoms. The molecule has 4 aromatic rings. The Morgan fingerprint density at radius 1 is 1.22 bits per heavy atom. The van der Waals surface area contributed by atoms with Gasteiger partial charge >= 0.3 is 5.97 Å². The molecule has 0 aliphatic carbocycles. The van der Waals surface area contributed by atoms with Crippen molar-refractivity contribution in [2.45, 2.75) is 6.92 Å². The molecule has 32 heavy (non-hydrogen) atoms. The number of ether oxygens (including phenoxy) is 1. The largest absolute Gasteiger partial charge is 0.461 e. The van der Waals surface area contributed by atoms with Crippen LogP contribution in [-0.4, -0.2) is 28.3 Å². The maximum absolute atomic E-state index is 13.4. The number of halogens is 2. The molecular formula is C22H15BrClN3O4S. The van der Waals surface area contributed by atoms with Gasteiger partial charge in [-0.05, 0) is 49.4 Å². The zero-order valence-corrected chi connectivity index (χ0v) is 19.8. The number of anilines is 1. The van der Waals surface area contributed by atoms with E-state index in [4.69, 9.17) is 16.3 Å². The predicted octanol–water partition coefficient (Wildman–Crippen LogP) is 5.29. The van der Waals surface area contributed by atoms with E-state index in [-0.39, 0.29) is 23.6 Å². The first kappa shape index (κ1) is 22.2. The highest BCUT2D eigenvalue weighted by Gasteiger charge is 2.23. The standard InChI is InChI=1S/C22H15BrClN3O4S/c1-2-31-22(30)18-16-11-32-20(25-19(28)12-6-8-13(23)9-7-12)17(16)21(29)27(26-18)15-5-3-4-14(24)10-15/h3-11H,2H2,1H3,(H,25,28). The Bertz CT molecular complexity index is 1400. The molecule has 2 aromatic carbocycles. The number of thiophene rings is 1. The van der Waals surface area contributed by atoms with Gasteiger partial charge in [-0.1, -0.05) is 33.6 Å². The average molecular weight is 533 g/mol. The van der Waals surface area contributed by atoms with Gasteiger partial charge in [0.2, 0.25) is 0 Å². The van der Waals surface area contributed by atoms with Crippen molar-refractivity contribution in [2.24, 2.45) is 0 Å². The number of rotatable bonds is 5. The topological polar surface area (TPSA) is 90.3 Å². The quantitative estimate of drug-likeness (QED) is 0.353. The molecule has 0 aliphatic rings. The number of amides is 1. The number of carbonyl (C=O) groups excluding carboxylic acids is 2. The molecule has 1 N–H and O–H groups in total. The van der Waals surface area contributed by atoms with Gasteiger partial charge in [-0.3, -0.25) is 9.59 Å². The van der Waals surface area contributed by atoms with Gasteiger partial charge in [0.05, 0.1) is 17.7 Å². The summed E-state index contributed by atoms with van der Waals surface area (Å²) in [5, 5.41) is 9.82. The van der Waals surface area contributed by atoms with E-state index in [1.165, 1.54) is 0 Å². The molecule has 0 saturated heterocycles. The summed E-state index contributed by atoms with van der Waals surface area (Å²) in [6.07, 6.45) is 0. The summed E-state index contributed by atoms with van der Waals surface area (Å²) < 4.78 is 7.06. The van der Waals surface area contributed by atoms with Crippen molar-refractivity contribution in [1.29, 1.82) is 0 Å². The van der Waals surface area contributed by atoms with Crippen molar-refractivity contribution in [1.82, 2.24) is 9.78 Å². The number of fused-ring (bicyclic) bond motifs is 1. The molecule has 4 rings (SSSR count). The van der Waals surface area contributed by atoms with E-state index in [0.29, 0.717) is 26.7 Å². The molecule has 7 nitrogen and oxygen atoms in total. The lowest BCUT2D eigenvalue weighted by molar-refractivity contribution is 0.0520. The van der Waals surface area contributed by atoms with Crippen LogP contribution in [0, 0.1) is 0 Å². The summed E-state index contributed by atoms with van der Waals surface area (Å²) in [6, 6.07) is 13.3. The van der Waals surface area contributed by atoms with Gasteiger partial charge in [0, 0.05) is 25.8 Å². The molecule has 0 aliphatic heterocycles. The normalized spacial score (nSPS) is 10.8. The number of nitrogens with one attached hydrogen (secondary N) is 1. The average Bonchev–Trinajstić information content (AvgIpc) is 3.18. The van der Waals surface area contributed by atoms with Crippen LogP contribution < -0.4 is 10.9 Å². The Morgan fingerprint density at radius 3 is 2.66 bits per heavy atom. The number of hydrogen-bond acceptors (Lipinski definition) is 6. The highest BCUT2D eigenvalue weighted by molar-refractivity contribution is 9.10. The van der Waals surface area contributed by atoms with E-state index in [1.807, 2.05) is 0 Å². The molecule has 1 amide bonds. The number of benzene rings is 2.